The van der Waals surface area contributed by atoms with Gasteiger partial charge in [0.2, 0.25) is 5.56 Å². The molecule has 3 rings (SSSR count). The van der Waals surface area contributed by atoms with Crippen LogP contribution in [0.15, 0.2) is 46.5 Å². The Bertz CT molecular complexity index is 929. The van der Waals surface area contributed by atoms with Crippen LogP contribution in [-0.4, -0.2) is 26.7 Å². The number of aromatic nitrogens is 3. The van der Waals surface area contributed by atoms with Gasteiger partial charge in [-0.1, -0.05) is 30.0 Å². The number of nitrogens with one attached hydrogen (secondary N) is 2. The second-order valence-electron chi connectivity index (χ2n) is 5.07. The smallest absolute Gasteiger partial charge is 0.252 e. The van der Waals surface area contributed by atoms with Crippen molar-refractivity contribution in [2.24, 2.45) is 7.05 Å². The van der Waals surface area contributed by atoms with Gasteiger partial charge in [-0.2, -0.15) is 0 Å². The SMILES string of the molecule is CSc1ncc(CNC(=O)c2cc(=O)[nH]c3ccccc23)n1C. The summed E-state index contributed by atoms with van der Waals surface area (Å²) >= 11 is 1.54. The van der Waals surface area contributed by atoms with E-state index in [0.717, 1.165) is 16.2 Å². The van der Waals surface area contributed by atoms with E-state index in [1.807, 2.05) is 36.1 Å². The predicted octanol–water partition coefficient (Wildman–Crippen LogP) is 1.91. The van der Waals surface area contributed by atoms with Gasteiger partial charge < -0.3 is 14.9 Å². The van der Waals surface area contributed by atoms with E-state index in [9.17, 15) is 9.59 Å². The standard InChI is InChI=1S/C16H16N4O2S/c1-20-10(9-18-16(20)23-2)8-17-15(22)12-7-14(21)19-13-6-4-3-5-11(12)13/h3-7,9H,8H2,1-2H3,(H,17,22)(H,19,21). The van der Waals surface area contributed by atoms with Gasteiger partial charge >= 0.3 is 0 Å². The number of nitrogens with zero attached hydrogens (tertiary/aromatic N) is 2. The molecule has 0 bridgehead atoms. The van der Waals surface area contributed by atoms with Gasteiger partial charge in [-0.05, 0) is 12.3 Å². The summed E-state index contributed by atoms with van der Waals surface area (Å²) in [4.78, 5) is 31.2. The quantitative estimate of drug-likeness (QED) is 0.717. The molecule has 0 aliphatic rings. The molecule has 118 valence electrons. The molecule has 0 radical (unpaired) electrons. The summed E-state index contributed by atoms with van der Waals surface area (Å²) in [5.41, 5.74) is 1.63. The highest BCUT2D eigenvalue weighted by Crippen LogP contribution is 2.16. The zero-order valence-corrected chi connectivity index (χ0v) is 13.6. The second-order valence-corrected chi connectivity index (χ2v) is 5.84. The molecule has 23 heavy (non-hydrogen) atoms. The Morgan fingerprint density at radius 2 is 2.17 bits per heavy atom. The number of fused-ring (bicyclic) bond motifs is 1. The number of para-hydroxylation sites is 1. The Balaban J connectivity index is 1.86. The van der Waals surface area contributed by atoms with Crippen molar-refractivity contribution in [2.75, 3.05) is 6.26 Å². The molecule has 0 unspecified atom stereocenters. The molecular formula is C16H16N4O2S. The Labute approximate surface area is 136 Å². The fraction of sp³-hybridized carbons (Fsp3) is 0.188. The topological polar surface area (TPSA) is 79.8 Å². The summed E-state index contributed by atoms with van der Waals surface area (Å²) in [7, 11) is 1.91. The second kappa shape index (κ2) is 6.29. The van der Waals surface area contributed by atoms with E-state index in [4.69, 9.17) is 0 Å². The largest absolute Gasteiger partial charge is 0.346 e. The van der Waals surface area contributed by atoms with E-state index < -0.39 is 0 Å². The van der Waals surface area contributed by atoms with Crippen LogP contribution in [0.25, 0.3) is 10.9 Å². The van der Waals surface area contributed by atoms with Gasteiger partial charge in [0.1, 0.15) is 0 Å². The monoisotopic (exact) mass is 328 g/mol. The number of amides is 1. The first-order chi connectivity index (χ1) is 11.1. The third-order valence-corrected chi connectivity index (χ3v) is 4.39. The van der Waals surface area contributed by atoms with Crippen molar-refractivity contribution in [1.29, 1.82) is 0 Å². The van der Waals surface area contributed by atoms with Crippen LogP contribution in [-0.2, 0) is 13.6 Å². The average molecular weight is 328 g/mol. The number of thioether (sulfide) groups is 1. The highest BCUT2D eigenvalue weighted by atomic mass is 32.2. The minimum atomic E-state index is -0.293. The molecule has 0 saturated carbocycles. The van der Waals surface area contributed by atoms with Gasteiger partial charge in [0.05, 0.1) is 24.0 Å². The number of benzene rings is 1. The van der Waals surface area contributed by atoms with Crippen LogP contribution in [0.5, 0.6) is 0 Å². The van der Waals surface area contributed by atoms with E-state index in [0.29, 0.717) is 17.6 Å². The zero-order valence-electron chi connectivity index (χ0n) is 12.8. The van der Waals surface area contributed by atoms with Crippen LogP contribution in [0.1, 0.15) is 16.1 Å². The van der Waals surface area contributed by atoms with E-state index >= 15 is 0 Å². The molecule has 2 aromatic heterocycles. The lowest BCUT2D eigenvalue weighted by Crippen LogP contribution is -2.25. The summed E-state index contributed by atoms with van der Waals surface area (Å²) in [6.45, 7) is 0.351. The number of carbonyl (C=O) groups excluding carboxylic acids is 1. The molecule has 1 amide bonds. The first kappa shape index (κ1) is 15.4. The van der Waals surface area contributed by atoms with Crippen LogP contribution in [0.2, 0.25) is 0 Å². The lowest BCUT2D eigenvalue weighted by Gasteiger charge is -2.08. The van der Waals surface area contributed by atoms with Gasteiger partial charge in [0.15, 0.2) is 5.16 Å². The van der Waals surface area contributed by atoms with Crippen molar-refractivity contribution in [2.45, 2.75) is 11.7 Å². The molecule has 6 nitrogen and oxygen atoms in total. The van der Waals surface area contributed by atoms with Gasteiger partial charge in [-0.25, -0.2) is 4.98 Å². The summed E-state index contributed by atoms with van der Waals surface area (Å²) in [5, 5.41) is 4.46. The number of rotatable bonds is 4. The van der Waals surface area contributed by atoms with E-state index in [-0.39, 0.29) is 11.5 Å². The minimum Gasteiger partial charge on any atom is -0.346 e. The number of imidazole rings is 1. The number of pyridine rings is 1. The lowest BCUT2D eigenvalue weighted by molar-refractivity contribution is 0.0951. The first-order valence-electron chi connectivity index (χ1n) is 7.05. The molecule has 0 saturated heterocycles. The van der Waals surface area contributed by atoms with Gasteiger partial charge in [0, 0.05) is 24.0 Å². The predicted molar refractivity (Wildman–Crippen MR) is 90.7 cm³/mol. The number of hydrogen-bond acceptors (Lipinski definition) is 4. The molecule has 7 heteroatoms. The first-order valence-corrected chi connectivity index (χ1v) is 8.27. The molecule has 0 spiro atoms. The van der Waals surface area contributed by atoms with Crippen LogP contribution >= 0.6 is 11.8 Å². The fourth-order valence-corrected chi connectivity index (χ4v) is 2.99. The molecule has 0 aliphatic heterocycles. The Hall–Kier alpha value is -2.54. The van der Waals surface area contributed by atoms with Crippen molar-refractivity contribution in [3.63, 3.8) is 0 Å². The highest BCUT2D eigenvalue weighted by Gasteiger charge is 2.13. The number of H-pyrrole nitrogens is 1. The molecule has 0 aliphatic carbocycles. The normalized spacial score (nSPS) is 10.9. The van der Waals surface area contributed by atoms with Crippen LogP contribution in [0.3, 0.4) is 0 Å². The van der Waals surface area contributed by atoms with Crippen molar-refractivity contribution in [3.8, 4) is 0 Å². The molecule has 3 aromatic rings. The third kappa shape index (κ3) is 3.00. The van der Waals surface area contributed by atoms with Crippen molar-refractivity contribution in [1.82, 2.24) is 19.9 Å². The van der Waals surface area contributed by atoms with E-state index in [1.54, 1.807) is 24.0 Å². The molecule has 1 aromatic carbocycles. The Morgan fingerprint density at radius 3 is 2.91 bits per heavy atom. The average Bonchev–Trinajstić information content (AvgIpc) is 2.91. The summed E-state index contributed by atoms with van der Waals surface area (Å²) in [5.74, 6) is -0.279. The number of hydrogen-bond donors (Lipinski definition) is 2. The van der Waals surface area contributed by atoms with Gasteiger partial charge in [-0.3, -0.25) is 9.59 Å². The maximum atomic E-state index is 12.5. The maximum absolute atomic E-state index is 12.5. The summed E-state index contributed by atoms with van der Waals surface area (Å²) in [6.07, 6.45) is 3.69. The number of carbonyl (C=O) groups is 1. The molecular weight excluding hydrogens is 312 g/mol. The molecule has 2 N–H and O–H groups in total. The van der Waals surface area contributed by atoms with Crippen LogP contribution in [0.4, 0.5) is 0 Å². The minimum absolute atomic E-state index is 0.279. The van der Waals surface area contributed by atoms with E-state index in [2.05, 4.69) is 15.3 Å². The lowest BCUT2D eigenvalue weighted by atomic mass is 10.1. The fourth-order valence-electron chi connectivity index (χ4n) is 2.44. The number of aromatic amines is 1. The third-order valence-electron chi connectivity index (χ3n) is 3.65. The molecule has 2 heterocycles. The highest BCUT2D eigenvalue weighted by molar-refractivity contribution is 7.98. The van der Waals surface area contributed by atoms with Crippen molar-refractivity contribution < 1.29 is 4.79 Å². The van der Waals surface area contributed by atoms with Crippen LogP contribution < -0.4 is 10.9 Å². The maximum Gasteiger partial charge on any atom is 0.252 e. The van der Waals surface area contributed by atoms with Gasteiger partial charge in [-0.15, -0.1) is 0 Å². The zero-order chi connectivity index (χ0) is 16.4. The van der Waals surface area contributed by atoms with Crippen LogP contribution in [0, 0.1) is 0 Å². The van der Waals surface area contributed by atoms with E-state index in [1.165, 1.54) is 6.07 Å². The van der Waals surface area contributed by atoms with Crippen molar-refractivity contribution in [3.05, 3.63) is 58.1 Å². The van der Waals surface area contributed by atoms with Crippen molar-refractivity contribution >= 4 is 28.6 Å². The van der Waals surface area contributed by atoms with Gasteiger partial charge in [0.25, 0.3) is 5.91 Å². The molecule has 0 atom stereocenters. The Morgan fingerprint density at radius 1 is 1.39 bits per heavy atom. The summed E-state index contributed by atoms with van der Waals surface area (Å²) < 4.78 is 1.93. The Kier molecular flexibility index (Phi) is 4.20. The summed E-state index contributed by atoms with van der Waals surface area (Å²) in [6, 6.07) is 8.58. The molecule has 0 fully saturated rings.